The first kappa shape index (κ1) is 23.0. The fourth-order valence-electron chi connectivity index (χ4n) is 2.88. The van der Waals surface area contributed by atoms with Crippen LogP contribution >= 0.6 is 11.6 Å². The van der Waals surface area contributed by atoms with Crippen LogP contribution in [0.25, 0.3) is 0 Å². The van der Waals surface area contributed by atoms with Crippen molar-refractivity contribution in [3.05, 3.63) is 59.1 Å². The van der Waals surface area contributed by atoms with Crippen molar-refractivity contribution >= 4 is 33.2 Å². The van der Waals surface area contributed by atoms with Crippen LogP contribution in [-0.4, -0.2) is 40.3 Å². The number of nitrogens with one attached hydrogen (secondary N) is 1. The van der Waals surface area contributed by atoms with E-state index in [0.717, 1.165) is 12.0 Å². The third-order valence-electron chi connectivity index (χ3n) is 4.31. The molecule has 0 aliphatic rings. The molecule has 0 heterocycles. The molecule has 0 fully saturated rings. The van der Waals surface area contributed by atoms with E-state index < -0.39 is 10.0 Å². The van der Waals surface area contributed by atoms with Crippen LogP contribution in [0.4, 0.5) is 5.69 Å². The van der Waals surface area contributed by atoms with Crippen molar-refractivity contribution in [2.45, 2.75) is 26.2 Å². The van der Waals surface area contributed by atoms with Gasteiger partial charge in [-0.3, -0.25) is 9.10 Å². The summed E-state index contributed by atoms with van der Waals surface area (Å²) in [4.78, 5) is 12.0. The van der Waals surface area contributed by atoms with Crippen LogP contribution in [0.2, 0.25) is 5.02 Å². The number of ether oxygens (including phenoxy) is 1. The minimum absolute atomic E-state index is 0.137. The van der Waals surface area contributed by atoms with E-state index in [2.05, 4.69) is 5.32 Å². The molecule has 0 saturated carbocycles. The van der Waals surface area contributed by atoms with Crippen molar-refractivity contribution in [2.24, 2.45) is 0 Å². The molecule has 158 valence electrons. The topological polar surface area (TPSA) is 75.7 Å². The van der Waals surface area contributed by atoms with Gasteiger partial charge in [-0.1, -0.05) is 36.7 Å². The average molecular weight is 439 g/mol. The summed E-state index contributed by atoms with van der Waals surface area (Å²) in [6, 6.07) is 14.4. The molecule has 0 saturated heterocycles. The summed E-state index contributed by atoms with van der Waals surface area (Å²) in [6.45, 7) is 2.95. The smallest absolute Gasteiger partial charge is 0.232 e. The third kappa shape index (κ3) is 7.59. The zero-order chi connectivity index (χ0) is 21.3. The molecule has 0 bridgehead atoms. The standard InChI is InChI=1S/C21H27ClN2O4S/c1-3-17-7-4-5-8-20(17)24(29(2,26)27)15-6-9-21(25)23-14-16-28-19-12-10-18(22)11-13-19/h4-5,7-8,10-13H,3,6,9,14-16H2,1-2H3,(H,23,25). The summed E-state index contributed by atoms with van der Waals surface area (Å²) in [5.41, 5.74) is 1.64. The number of para-hydroxylation sites is 1. The highest BCUT2D eigenvalue weighted by atomic mass is 35.5. The van der Waals surface area contributed by atoms with Crippen LogP contribution in [0, 0.1) is 0 Å². The van der Waals surface area contributed by atoms with Crippen LogP contribution in [0.3, 0.4) is 0 Å². The maximum atomic E-state index is 12.2. The largest absolute Gasteiger partial charge is 0.492 e. The SMILES string of the molecule is CCc1ccccc1N(CCCC(=O)NCCOc1ccc(Cl)cc1)S(C)(=O)=O. The zero-order valence-electron chi connectivity index (χ0n) is 16.7. The Bertz CT molecular complexity index is 901. The Kier molecular flexibility index (Phi) is 8.79. The van der Waals surface area contributed by atoms with Gasteiger partial charge in [-0.05, 0) is 48.7 Å². The molecule has 0 aliphatic carbocycles. The molecule has 2 aromatic carbocycles. The predicted octanol–water partition coefficient (Wildman–Crippen LogP) is 3.64. The Morgan fingerprint density at radius 1 is 1.14 bits per heavy atom. The van der Waals surface area contributed by atoms with Crippen molar-refractivity contribution < 1.29 is 17.9 Å². The first-order valence-electron chi connectivity index (χ1n) is 9.52. The molecule has 0 atom stereocenters. The van der Waals surface area contributed by atoms with Crippen molar-refractivity contribution in [3.63, 3.8) is 0 Å². The quantitative estimate of drug-likeness (QED) is 0.543. The van der Waals surface area contributed by atoms with Gasteiger partial charge in [0.2, 0.25) is 15.9 Å². The second-order valence-corrected chi connectivity index (χ2v) is 8.92. The summed E-state index contributed by atoms with van der Waals surface area (Å²) in [5.74, 6) is 0.545. The van der Waals surface area contributed by atoms with Crippen LogP contribution in [-0.2, 0) is 21.2 Å². The lowest BCUT2D eigenvalue weighted by Crippen LogP contribution is -2.33. The number of carbonyl (C=O) groups is 1. The Balaban J connectivity index is 1.78. The monoisotopic (exact) mass is 438 g/mol. The zero-order valence-corrected chi connectivity index (χ0v) is 18.3. The van der Waals surface area contributed by atoms with Crippen molar-refractivity contribution in [3.8, 4) is 5.75 Å². The second-order valence-electron chi connectivity index (χ2n) is 6.57. The maximum Gasteiger partial charge on any atom is 0.232 e. The van der Waals surface area contributed by atoms with E-state index in [1.54, 1.807) is 30.3 Å². The van der Waals surface area contributed by atoms with E-state index in [4.69, 9.17) is 16.3 Å². The summed E-state index contributed by atoms with van der Waals surface area (Å²) in [5, 5.41) is 3.42. The number of rotatable bonds is 11. The van der Waals surface area contributed by atoms with Gasteiger partial charge in [-0.25, -0.2) is 8.42 Å². The first-order chi connectivity index (χ1) is 13.8. The molecule has 8 heteroatoms. The number of halogens is 1. The van der Waals surface area contributed by atoms with E-state index in [-0.39, 0.29) is 18.9 Å². The van der Waals surface area contributed by atoms with Gasteiger partial charge in [0.15, 0.2) is 0 Å². The number of benzene rings is 2. The maximum absolute atomic E-state index is 12.2. The molecule has 2 aromatic rings. The van der Waals surface area contributed by atoms with Gasteiger partial charge < -0.3 is 10.1 Å². The number of aryl methyl sites for hydroxylation is 1. The number of nitrogens with zero attached hydrogens (tertiary/aromatic N) is 1. The minimum atomic E-state index is -3.43. The molecule has 0 aliphatic heterocycles. The van der Waals surface area contributed by atoms with Gasteiger partial charge in [0.25, 0.3) is 0 Å². The highest BCUT2D eigenvalue weighted by Gasteiger charge is 2.19. The molecule has 2 rings (SSSR count). The lowest BCUT2D eigenvalue weighted by Gasteiger charge is -2.24. The molecular weight excluding hydrogens is 412 g/mol. The van der Waals surface area contributed by atoms with Gasteiger partial charge in [0, 0.05) is 18.0 Å². The van der Waals surface area contributed by atoms with E-state index >= 15 is 0 Å². The molecule has 0 radical (unpaired) electrons. The molecular formula is C21H27ClN2O4S. The Morgan fingerprint density at radius 3 is 2.48 bits per heavy atom. The lowest BCUT2D eigenvalue weighted by molar-refractivity contribution is -0.121. The number of amides is 1. The summed E-state index contributed by atoms with van der Waals surface area (Å²) < 4.78 is 31.4. The highest BCUT2D eigenvalue weighted by Crippen LogP contribution is 2.23. The third-order valence-corrected chi connectivity index (χ3v) is 5.75. The number of sulfonamides is 1. The van der Waals surface area contributed by atoms with Crippen molar-refractivity contribution in [2.75, 3.05) is 30.3 Å². The molecule has 6 nitrogen and oxygen atoms in total. The van der Waals surface area contributed by atoms with Gasteiger partial charge >= 0.3 is 0 Å². The molecule has 29 heavy (non-hydrogen) atoms. The lowest BCUT2D eigenvalue weighted by atomic mass is 10.1. The van der Waals surface area contributed by atoms with Crippen LogP contribution in [0.1, 0.15) is 25.3 Å². The van der Waals surface area contributed by atoms with Crippen LogP contribution in [0.5, 0.6) is 5.75 Å². The fraction of sp³-hybridized carbons (Fsp3) is 0.381. The van der Waals surface area contributed by atoms with Crippen LogP contribution < -0.4 is 14.4 Å². The highest BCUT2D eigenvalue weighted by molar-refractivity contribution is 7.92. The van der Waals surface area contributed by atoms with Gasteiger partial charge in [0.1, 0.15) is 12.4 Å². The van der Waals surface area contributed by atoms with E-state index in [0.29, 0.717) is 36.0 Å². The minimum Gasteiger partial charge on any atom is -0.492 e. The second kappa shape index (κ2) is 11.1. The summed E-state index contributed by atoms with van der Waals surface area (Å²) >= 11 is 5.82. The first-order valence-corrected chi connectivity index (χ1v) is 11.7. The van der Waals surface area contributed by atoms with Crippen LogP contribution in [0.15, 0.2) is 48.5 Å². The normalized spacial score (nSPS) is 11.1. The Morgan fingerprint density at radius 2 is 1.83 bits per heavy atom. The molecule has 1 N–H and O–H groups in total. The van der Waals surface area contributed by atoms with Crippen molar-refractivity contribution in [1.29, 1.82) is 0 Å². The van der Waals surface area contributed by atoms with Gasteiger partial charge in [-0.15, -0.1) is 0 Å². The van der Waals surface area contributed by atoms with Crippen molar-refractivity contribution in [1.82, 2.24) is 5.32 Å². The Labute approximate surface area is 177 Å². The van der Waals surface area contributed by atoms with E-state index in [1.165, 1.54) is 10.6 Å². The fourth-order valence-corrected chi connectivity index (χ4v) is 4.00. The molecule has 0 unspecified atom stereocenters. The number of hydrogen-bond acceptors (Lipinski definition) is 4. The summed E-state index contributed by atoms with van der Waals surface area (Å²) in [7, 11) is -3.43. The molecule has 1 amide bonds. The van der Waals surface area contributed by atoms with Gasteiger partial charge in [-0.2, -0.15) is 0 Å². The molecule has 0 spiro atoms. The average Bonchev–Trinajstić information content (AvgIpc) is 2.69. The van der Waals surface area contributed by atoms with E-state index in [9.17, 15) is 13.2 Å². The van der Waals surface area contributed by atoms with Gasteiger partial charge in [0.05, 0.1) is 18.5 Å². The van der Waals surface area contributed by atoms with E-state index in [1.807, 2.05) is 25.1 Å². The summed E-state index contributed by atoms with van der Waals surface area (Å²) in [6.07, 6.45) is 2.58. The number of anilines is 1. The Hall–Kier alpha value is -2.25. The molecule has 0 aromatic heterocycles. The number of carbonyl (C=O) groups excluding carboxylic acids is 1. The predicted molar refractivity (Wildman–Crippen MR) is 117 cm³/mol. The number of hydrogen-bond donors (Lipinski definition) is 1.